The third-order valence-electron chi connectivity index (χ3n) is 2.67. The minimum Gasteiger partial charge on any atom is -0.488 e. The Bertz CT molecular complexity index is 634. The monoisotopic (exact) mass is 309 g/mol. The van der Waals surface area contributed by atoms with E-state index >= 15 is 0 Å². The topological polar surface area (TPSA) is 52.4 Å². The highest BCUT2D eigenvalue weighted by molar-refractivity contribution is 7.98. The van der Waals surface area contributed by atoms with E-state index in [9.17, 15) is 10.1 Å². The molecule has 2 rings (SSSR count). The summed E-state index contributed by atoms with van der Waals surface area (Å²) in [6.07, 6.45) is 1.97. The summed E-state index contributed by atoms with van der Waals surface area (Å²) in [5, 5.41) is 11.0. The van der Waals surface area contributed by atoms with Crippen LogP contribution in [0.3, 0.4) is 0 Å². The van der Waals surface area contributed by atoms with Crippen molar-refractivity contribution in [3.05, 3.63) is 63.2 Å². The van der Waals surface area contributed by atoms with E-state index < -0.39 is 4.92 Å². The van der Waals surface area contributed by atoms with Crippen LogP contribution >= 0.6 is 23.4 Å². The van der Waals surface area contributed by atoms with Crippen molar-refractivity contribution in [2.75, 3.05) is 6.26 Å². The highest BCUT2D eigenvalue weighted by Crippen LogP contribution is 2.29. The predicted octanol–water partition coefficient (Wildman–Crippen LogP) is 4.55. The molecule has 0 aromatic heterocycles. The number of benzene rings is 2. The molecule has 0 radical (unpaired) electrons. The van der Waals surface area contributed by atoms with E-state index in [2.05, 4.69) is 0 Å². The summed E-state index contributed by atoms with van der Waals surface area (Å²) in [6.45, 7) is 0.260. The molecule has 6 heteroatoms. The molecule has 4 nitrogen and oxygen atoms in total. The molecule has 0 aliphatic rings. The Labute approximate surface area is 125 Å². The number of nitrogens with zero attached hydrogens (tertiary/aromatic N) is 1. The number of nitro groups is 1. The SMILES string of the molecule is CSc1ccccc1OCc1ccc(Cl)c([N+](=O)[O-])c1. The summed E-state index contributed by atoms with van der Waals surface area (Å²) in [6, 6.07) is 12.3. The van der Waals surface area contributed by atoms with Gasteiger partial charge in [-0.1, -0.05) is 29.8 Å². The largest absolute Gasteiger partial charge is 0.488 e. The third-order valence-corrected chi connectivity index (χ3v) is 3.77. The Hall–Kier alpha value is -1.72. The molecular weight excluding hydrogens is 298 g/mol. The molecule has 0 unspecified atom stereocenters. The molecule has 0 amide bonds. The fraction of sp³-hybridized carbons (Fsp3) is 0.143. The standard InChI is InChI=1S/C14H12ClNO3S/c1-20-14-5-3-2-4-13(14)19-9-10-6-7-11(15)12(8-10)16(17)18/h2-8H,9H2,1H3. The first-order valence-electron chi connectivity index (χ1n) is 5.80. The van der Waals surface area contributed by atoms with Gasteiger partial charge in [-0.15, -0.1) is 11.8 Å². The lowest BCUT2D eigenvalue weighted by Crippen LogP contribution is -1.98. The van der Waals surface area contributed by atoms with Crippen LogP contribution in [0.15, 0.2) is 47.4 Å². The van der Waals surface area contributed by atoms with Crippen molar-refractivity contribution in [2.24, 2.45) is 0 Å². The van der Waals surface area contributed by atoms with Gasteiger partial charge < -0.3 is 4.74 Å². The first-order valence-corrected chi connectivity index (χ1v) is 7.40. The van der Waals surface area contributed by atoms with Crippen molar-refractivity contribution in [1.29, 1.82) is 0 Å². The molecule has 0 bridgehead atoms. The second kappa shape index (κ2) is 6.63. The summed E-state index contributed by atoms with van der Waals surface area (Å²) in [5.41, 5.74) is 0.600. The van der Waals surface area contributed by atoms with Crippen molar-refractivity contribution < 1.29 is 9.66 Å². The molecule has 2 aromatic carbocycles. The number of ether oxygens (including phenoxy) is 1. The van der Waals surface area contributed by atoms with Gasteiger partial charge in [-0.05, 0) is 30.0 Å². The van der Waals surface area contributed by atoms with E-state index in [1.54, 1.807) is 17.8 Å². The van der Waals surface area contributed by atoms with Gasteiger partial charge in [-0.25, -0.2) is 0 Å². The lowest BCUT2D eigenvalue weighted by molar-refractivity contribution is -0.384. The number of halogens is 1. The third kappa shape index (κ3) is 3.43. The van der Waals surface area contributed by atoms with E-state index in [0.29, 0.717) is 5.56 Å². The zero-order valence-electron chi connectivity index (χ0n) is 10.7. The molecule has 2 aromatic rings. The molecule has 0 saturated heterocycles. The number of nitro benzene ring substituents is 1. The Kier molecular flexibility index (Phi) is 4.87. The van der Waals surface area contributed by atoms with Gasteiger partial charge >= 0.3 is 0 Å². The second-order valence-corrected chi connectivity index (χ2v) is 5.24. The first kappa shape index (κ1) is 14.7. The maximum Gasteiger partial charge on any atom is 0.288 e. The number of thioether (sulfide) groups is 1. The smallest absolute Gasteiger partial charge is 0.288 e. The van der Waals surface area contributed by atoms with Gasteiger partial charge in [0.25, 0.3) is 5.69 Å². The number of hydrogen-bond acceptors (Lipinski definition) is 4. The van der Waals surface area contributed by atoms with Crippen molar-refractivity contribution in [1.82, 2.24) is 0 Å². The molecule has 0 fully saturated rings. The van der Waals surface area contributed by atoms with Crippen LogP contribution in [0.25, 0.3) is 0 Å². The van der Waals surface area contributed by atoms with E-state index in [1.807, 2.05) is 30.5 Å². The van der Waals surface area contributed by atoms with Crippen molar-refractivity contribution in [3.63, 3.8) is 0 Å². The fourth-order valence-electron chi connectivity index (χ4n) is 1.69. The van der Waals surface area contributed by atoms with E-state index in [4.69, 9.17) is 16.3 Å². The van der Waals surface area contributed by atoms with Gasteiger partial charge in [0.1, 0.15) is 17.4 Å². The second-order valence-electron chi connectivity index (χ2n) is 3.98. The summed E-state index contributed by atoms with van der Waals surface area (Å²) >= 11 is 7.36. The van der Waals surface area contributed by atoms with Crippen molar-refractivity contribution >= 4 is 29.1 Å². The molecule has 0 atom stereocenters. The van der Waals surface area contributed by atoms with Crippen LogP contribution in [0.1, 0.15) is 5.56 Å². The lowest BCUT2D eigenvalue weighted by atomic mass is 10.2. The van der Waals surface area contributed by atoms with E-state index in [0.717, 1.165) is 10.6 Å². The fourth-order valence-corrected chi connectivity index (χ4v) is 2.42. The highest BCUT2D eigenvalue weighted by atomic mass is 35.5. The van der Waals surface area contributed by atoms with Crippen LogP contribution in [0.5, 0.6) is 5.75 Å². The van der Waals surface area contributed by atoms with Gasteiger partial charge in [-0.3, -0.25) is 10.1 Å². The van der Waals surface area contributed by atoms with Crippen LogP contribution in [-0.4, -0.2) is 11.2 Å². The van der Waals surface area contributed by atoms with Gasteiger partial charge in [-0.2, -0.15) is 0 Å². The highest BCUT2D eigenvalue weighted by Gasteiger charge is 2.13. The Balaban J connectivity index is 2.15. The molecule has 0 aliphatic heterocycles. The van der Waals surface area contributed by atoms with Gasteiger partial charge in [0.2, 0.25) is 0 Å². The van der Waals surface area contributed by atoms with Gasteiger partial charge in [0.15, 0.2) is 0 Å². The molecular formula is C14H12ClNO3S. The quantitative estimate of drug-likeness (QED) is 0.462. The van der Waals surface area contributed by atoms with Crippen LogP contribution in [0.2, 0.25) is 5.02 Å². The molecule has 0 spiro atoms. The normalized spacial score (nSPS) is 10.3. The van der Waals surface area contributed by atoms with E-state index in [-0.39, 0.29) is 17.3 Å². The molecule has 104 valence electrons. The predicted molar refractivity (Wildman–Crippen MR) is 80.7 cm³/mol. The first-order chi connectivity index (χ1) is 9.61. The maximum atomic E-state index is 10.8. The minimum atomic E-state index is -0.498. The molecule has 0 aliphatic carbocycles. The Morgan fingerprint density at radius 3 is 2.75 bits per heavy atom. The van der Waals surface area contributed by atoms with E-state index in [1.165, 1.54) is 12.1 Å². The minimum absolute atomic E-state index is 0.106. The molecule has 20 heavy (non-hydrogen) atoms. The Morgan fingerprint density at radius 2 is 2.05 bits per heavy atom. The molecule has 0 N–H and O–H groups in total. The Morgan fingerprint density at radius 1 is 1.30 bits per heavy atom. The lowest BCUT2D eigenvalue weighted by Gasteiger charge is -2.09. The van der Waals surface area contributed by atoms with Gasteiger partial charge in [0, 0.05) is 11.0 Å². The van der Waals surface area contributed by atoms with Crippen LogP contribution < -0.4 is 4.74 Å². The number of hydrogen-bond donors (Lipinski definition) is 0. The summed E-state index contributed by atoms with van der Waals surface area (Å²) in [5.74, 6) is 0.762. The van der Waals surface area contributed by atoms with Crippen LogP contribution in [0, 0.1) is 10.1 Å². The molecule has 0 saturated carbocycles. The van der Waals surface area contributed by atoms with Crippen molar-refractivity contribution in [2.45, 2.75) is 11.5 Å². The summed E-state index contributed by atoms with van der Waals surface area (Å²) < 4.78 is 5.70. The number of rotatable bonds is 5. The summed E-state index contributed by atoms with van der Waals surface area (Å²) in [4.78, 5) is 11.4. The van der Waals surface area contributed by atoms with Crippen molar-refractivity contribution in [3.8, 4) is 5.75 Å². The zero-order valence-corrected chi connectivity index (χ0v) is 12.3. The zero-order chi connectivity index (χ0) is 14.5. The number of para-hydroxylation sites is 1. The van der Waals surface area contributed by atoms with Gasteiger partial charge in [0.05, 0.1) is 4.92 Å². The molecule has 0 heterocycles. The van der Waals surface area contributed by atoms with Crippen LogP contribution in [0.4, 0.5) is 5.69 Å². The average molecular weight is 310 g/mol. The van der Waals surface area contributed by atoms with Crippen LogP contribution in [-0.2, 0) is 6.61 Å². The average Bonchev–Trinajstić information content (AvgIpc) is 2.46. The summed E-state index contributed by atoms with van der Waals surface area (Å²) in [7, 11) is 0. The maximum absolute atomic E-state index is 10.8.